The Hall–Kier alpha value is -2.27. The van der Waals surface area contributed by atoms with E-state index < -0.39 is 4.92 Å². The van der Waals surface area contributed by atoms with Crippen molar-refractivity contribution >= 4 is 23.0 Å². The van der Waals surface area contributed by atoms with Crippen molar-refractivity contribution in [2.24, 2.45) is 0 Å². The number of benzene rings is 2. The van der Waals surface area contributed by atoms with Crippen molar-refractivity contribution in [3.05, 3.63) is 63.2 Å². The molecule has 0 bridgehead atoms. The molecule has 0 atom stereocenters. The number of nitro groups is 1. The molecule has 0 aliphatic carbocycles. The quantitative estimate of drug-likeness (QED) is 0.671. The Balaban J connectivity index is 2.10. The van der Waals surface area contributed by atoms with Crippen molar-refractivity contribution in [1.82, 2.24) is 0 Å². The number of hydrogen-bond acceptors (Lipinski definition) is 4. The van der Waals surface area contributed by atoms with Crippen LogP contribution in [0.5, 0.6) is 5.75 Å². The van der Waals surface area contributed by atoms with Gasteiger partial charge in [0.1, 0.15) is 18.0 Å². The lowest BCUT2D eigenvalue weighted by Crippen LogP contribution is -2.00. The topological polar surface area (TPSA) is 64.4 Å². The van der Waals surface area contributed by atoms with Gasteiger partial charge in [-0.05, 0) is 42.0 Å². The summed E-state index contributed by atoms with van der Waals surface area (Å²) in [4.78, 5) is 10.4. The molecule has 0 spiro atoms. The minimum atomic E-state index is -0.421. The predicted molar refractivity (Wildman–Crippen MR) is 78.4 cm³/mol. The van der Waals surface area contributed by atoms with Crippen LogP contribution in [-0.4, -0.2) is 12.0 Å². The highest BCUT2D eigenvalue weighted by Gasteiger charge is 2.12. The minimum absolute atomic E-state index is 0.0442. The number of anilines is 1. The molecule has 0 fully saturated rings. The molecular weight excluding hydrogens is 280 g/mol. The lowest BCUT2D eigenvalue weighted by Gasteiger charge is -2.08. The van der Waals surface area contributed by atoms with Gasteiger partial charge < -0.3 is 10.1 Å². The van der Waals surface area contributed by atoms with E-state index in [0.29, 0.717) is 23.1 Å². The smallest absolute Gasteiger partial charge is 0.292 e. The molecule has 104 valence electrons. The van der Waals surface area contributed by atoms with E-state index in [1.54, 1.807) is 43.4 Å². The molecule has 0 heterocycles. The number of nitrogens with zero attached hydrogens (tertiary/aromatic N) is 1. The molecule has 2 aromatic rings. The number of rotatable bonds is 5. The van der Waals surface area contributed by atoms with Crippen LogP contribution in [-0.2, 0) is 6.61 Å². The molecule has 0 aliphatic heterocycles. The fourth-order valence-electron chi connectivity index (χ4n) is 1.73. The zero-order valence-electron chi connectivity index (χ0n) is 10.8. The lowest BCUT2D eigenvalue weighted by atomic mass is 10.2. The Morgan fingerprint density at radius 2 is 1.95 bits per heavy atom. The van der Waals surface area contributed by atoms with E-state index in [9.17, 15) is 10.1 Å². The first-order valence-corrected chi connectivity index (χ1v) is 6.31. The maximum absolute atomic E-state index is 10.8. The maximum atomic E-state index is 10.8. The molecule has 5 nitrogen and oxygen atoms in total. The van der Waals surface area contributed by atoms with Crippen molar-refractivity contribution in [3.63, 3.8) is 0 Å². The van der Waals surface area contributed by atoms with Gasteiger partial charge >= 0.3 is 0 Å². The van der Waals surface area contributed by atoms with Crippen LogP contribution in [0, 0.1) is 10.1 Å². The zero-order chi connectivity index (χ0) is 14.5. The van der Waals surface area contributed by atoms with Crippen LogP contribution in [0.25, 0.3) is 0 Å². The van der Waals surface area contributed by atoms with Gasteiger partial charge in [-0.2, -0.15) is 0 Å². The molecule has 2 rings (SSSR count). The summed E-state index contributed by atoms with van der Waals surface area (Å²) in [6.45, 7) is 0.328. The molecule has 2 aromatic carbocycles. The Morgan fingerprint density at radius 3 is 2.55 bits per heavy atom. The van der Waals surface area contributed by atoms with E-state index in [2.05, 4.69) is 5.32 Å². The Morgan fingerprint density at radius 1 is 1.25 bits per heavy atom. The van der Waals surface area contributed by atoms with Crippen LogP contribution in [0.4, 0.5) is 11.4 Å². The largest absolute Gasteiger partial charge is 0.489 e. The van der Waals surface area contributed by atoms with Crippen LogP contribution < -0.4 is 10.1 Å². The molecule has 0 unspecified atom stereocenters. The summed E-state index contributed by atoms with van der Waals surface area (Å²) in [7, 11) is 1.65. The van der Waals surface area contributed by atoms with Crippen molar-refractivity contribution in [2.75, 3.05) is 12.4 Å². The molecule has 0 amide bonds. The summed E-state index contributed by atoms with van der Waals surface area (Å²) < 4.78 is 5.59. The molecule has 1 N–H and O–H groups in total. The van der Waals surface area contributed by atoms with Crippen molar-refractivity contribution in [3.8, 4) is 5.75 Å². The van der Waals surface area contributed by atoms with Gasteiger partial charge in [0.2, 0.25) is 0 Å². The van der Waals surface area contributed by atoms with Crippen molar-refractivity contribution in [2.45, 2.75) is 6.61 Å². The summed E-state index contributed by atoms with van der Waals surface area (Å²) in [6.07, 6.45) is 0. The molecule has 0 aromatic heterocycles. The zero-order valence-corrected chi connectivity index (χ0v) is 11.6. The van der Waals surface area contributed by atoms with E-state index in [0.717, 1.165) is 5.56 Å². The summed E-state index contributed by atoms with van der Waals surface area (Å²) in [5.74, 6) is 0.693. The second-order valence-electron chi connectivity index (χ2n) is 4.10. The first-order valence-electron chi connectivity index (χ1n) is 5.93. The van der Waals surface area contributed by atoms with Gasteiger partial charge in [-0.15, -0.1) is 0 Å². The first-order chi connectivity index (χ1) is 9.60. The van der Waals surface area contributed by atoms with Crippen molar-refractivity contribution < 1.29 is 9.66 Å². The minimum Gasteiger partial charge on any atom is -0.489 e. The molecule has 20 heavy (non-hydrogen) atoms. The number of halogens is 1. The first kappa shape index (κ1) is 14.1. The summed E-state index contributed by atoms with van der Waals surface area (Å²) in [5, 5.41) is 14.3. The summed E-state index contributed by atoms with van der Waals surface area (Å²) in [5.41, 5.74) is 1.35. The van der Waals surface area contributed by atoms with E-state index in [4.69, 9.17) is 16.3 Å². The fraction of sp³-hybridized carbons (Fsp3) is 0.143. The number of hydrogen-bond donors (Lipinski definition) is 1. The van der Waals surface area contributed by atoms with E-state index in [1.165, 1.54) is 6.07 Å². The average molecular weight is 293 g/mol. The Bertz CT molecular complexity index is 614. The molecule has 6 heteroatoms. The SMILES string of the molecule is CNc1cc(COc2ccc(Cl)cc2)ccc1[N+](=O)[O-]. The second-order valence-corrected chi connectivity index (χ2v) is 4.54. The third-order valence-corrected chi connectivity index (χ3v) is 3.00. The van der Waals surface area contributed by atoms with E-state index in [1.807, 2.05) is 0 Å². The van der Waals surface area contributed by atoms with E-state index >= 15 is 0 Å². The van der Waals surface area contributed by atoms with Gasteiger partial charge in [0.25, 0.3) is 5.69 Å². The van der Waals surface area contributed by atoms with Crippen LogP contribution in [0.2, 0.25) is 5.02 Å². The van der Waals surface area contributed by atoms with Gasteiger partial charge in [0, 0.05) is 18.1 Å². The van der Waals surface area contributed by atoms with Crippen LogP contribution in [0.3, 0.4) is 0 Å². The highest BCUT2D eigenvalue weighted by molar-refractivity contribution is 6.30. The average Bonchev–Trinajstić information content (AvgIpc) is 2.46. The molecule has 0 radical (unpaired) electrons. The lowest BCUT2D eigenvalue weighted by molar-refractivity contribution is -0.384. The van der Waals surface area contributed by atoms with Gasteiger partial charge in [-0.1, -0.05) is 11.6 Å². The van der Waals surface area contributed by atoms with Crippen molar-refractivity contribution in [1.29, 1.82) is 0 Å². The number of nitrogens with one attached hydrogen (secondary N) is 1. The Kier molecular flexibility index (Phi) is 4.42. The summed E-state index contributed by atoms with van der Waals surface area (Å²) >= 11 is 5.79. The number of ether oxygens (including phenoxy) is 1. The molecule has 0 saturated heterocycles. The van der Waals surface area contributed by atoms with Gasteiger partial charge in [0.15, 0.2) is 0 Å². The monoisotopic (exact) mass is 292 g/mol. The molecule has 0 aliphatic rings. The third kappa shape index (κ3) is 3.39. The van der Waals surface area contributed by atoms with Gasteiger partial charge in [-0.25, -0.2) is 0 Å². The fourth-order valence-corrected chi connectivity index (χ4v) is 1.86. The summed E-state index contributed by atoms with van der Waals surface area (Å²) in [6, 6.07) is 11.9. The third-order valence-electron chi connectivity index (χ3n) is 2.75. The Labute approximate surface area is 121 Å². The highest BCUT2D eigenvalue weighted by atomic mass is 35.5. The standard InChI is InChI=1S/C14H13ClN2O3/c1-16-13-8-10(2-7-14(13)17(18)19)9-20-12-5-3-11(15)4-6-12/h2-8,16H,9H2,1H3. The molecular formula is C14H13ClN2O3. The van der Waals surface area contributed by atoms with E-state index in [-0.39, 0.29) is 5.69 Å². The van der Waals surface area contributed by atoms with Gasteiger partial charge in [-0.3, -0.25) is 10.1 Å². The normalized spacial score (nSPS) is 10.1. The van der Waals surface area contributed by atoms with Gasteiger partial charge in [0.05, 0.1) is 4.92 Å². The van der Waals surface area contributed by atoms with Crippen LogP contribution in [0.1, 0.15) is 5.56 Å². The maximum Gasteiger partial charge on any atom is 0.292 e. The highest BCUT2D eigenvalue weighted by Crippen LogP contribution is 2.25. The number of nitro benzene ring substituents is 1. The predicted octanol–water partition coefficient (Wildman–Crippen LogP) is 3.87. The van der Waals surface area contributed by atoms with Crippen LogP contribution >= 0.6 is 11.6 Å². The second kappa shape index (κ2) is 6.25. The van der Waals surface area contributed by atoms with Crippen LogP contribution in [0.15, 0.2) is 42.5 Å². The molecule has 0 saturated carbocycles.